The first-order valence-electron chi connectivity index (χ1n) is 10.1. The van der Waals surface area contributed by atoms with E-state index in [0.29, 0.717) is 13.2 Å². The zero-order chi connectivity index (χ0) is 20.3. The Morgan fingerprint density at radius 2 is 1.96 bits per heavy atom. The summed E-state index contributed by atoms with van der Waals surface area (Å²) in [5, 5.41) is 4.61. The molecule has 2 aromatic rings. The van der Waals surface area contributed by atoms with Crippen LogP contribution in [-0.2, 0) is 22.5 Å². The van der Waals surface area contributed by atoms with Gasteiger partial charge < -0.3 is 14.5 Å². The van der Waals surface area contributed by atoms with Crippen LogP contribution < -0.4 is 0 Å². The molecule has 1 amide bonds. The molecule has 2 atom stereocenters. The van der Waals surface area contributed by atoms with Crippen molar-refractivity contribution in [1.29, 1.82) is 0 Å². The second-order valence-electron chi connectivity index (χ2n) is 7.77. The van der Waals surface area contributed by atoms with Crippen molar-refractivity contribution in [3.05, 3.63) is 52.8 Å². The first-order valence-corrected chi connectivity index (χ1v) is 10.1. The Bertz CT molecular complexity index is 800. The topological polar surface area (TPSA) is 50.6 Å². The summed E-state index contributed by atoms with van der Waals surface area (Å²) >= 11 is 0. The normalized spacial score (nSPS) is 20.0. The molecule has 28 heavy (non-hydrogen) atoms. The van der Waals surface area contributed by atoms with E-state index in [1.807, 2.05) is 48.8 Å². The lowest BCUT2D eigenvalue weighted by Gasteiger charge is -2.42. The fraction of sp³-hybridized carbons (Fsp3) is 0.545. The number of hydrogen-bond acceptors (Lipinski definition) is 4. The number of likely N-dealkylation sites (N-methyl/N-ethyl adjacent to an activating group) is 1. The van der Waals surface area contributed by atoms with Gasteiger partial charge in [-0.3, -0.25) is 9.48 Å². The zero-order valence-electron chi connectivity index (χ0n) is 17.7. The maximum Gasteiger partial charge on any atom is 0.244 e. The third-order valence-electron chi connectivity index (χ3n) is 5.53. The Kier molecular flexibility index (Phi) is 6.52. The molecule has 0 aliphatic carbocycles. The zero-order valence-corrected chi connectivity index (χ0v) is 17.7. The molecule has 0 bridgehead atoms. The standard InChI is InChI=1S/C22H32N4O2/c1-6-19-16(2)23-26(17(19)3)15-21(27)25-12-13-28-20(14-24(4)5)22(25)18-10-8-7-9-11-18/h7-11,20,22H,6,12-15H2,1-5H3/t20-,22-/m0/s1. The highest BCUT2D eigenvalue weighted by molar-refractivity contribution is 5.77. The molecule has 1 aromatic carbocycles. The first kappa shape index (κ1) is 20.6. The second-order valence-corrected chi connectivity index (χ2v) is 7.77. The third-order valence-corrected chi connectivity index (χ3v) is 5.53. The average molecular weight is 385 g/mol. The fourth-order valence-corrected chi connectivity index (χ4v) is 4.19. The van der Waals surface area contributed by atoms with Crippen molar-refractivity contribution in [3.8, 4) is 0 Å². The van der Waals surface area contributed by atoms with Crippen LogP contribution in [0.2, 0.25) is 0 Å². The summed E-state index contributed by atoms with van der Waals surface area (Å²) in [7, 11) is 4.07. The molecule has 0 unspecified atom stereocenters. The van der Waals surface area contributed by atoms with Crippen LogP contribution in [-0.4, -0.2) is 65.4 Å². The molecule has 3 rings (SSSR count). The number of morpholine rings is 1. The average Bonchev–Trinajstić information content (AvgIpc) is 2.94. The summed E-state index contributed by atoms with van der Waals surface area (Å²) < 4.78 is 7.95. The number of aryl methyl sites for hydroxylation is 1. The molecule has 2 heterocycles. The Hall–Kier alpha value is -2.18. The van der Waals surface area contributed by atoms with Gasteiger partial charge in [-0.25, -0.2) is 0 Å². The van der Waals surface area contributed by atoms with Gasteiger partial charge in [0.2, 0.25) is 5.91 Å². The molecule has 6 nitrogen and oxygen atoms in total. The van der Waals surface area contributed by atoms with Gasteiger partial charge in [-0.2, -0.15) is 5.10 Å². The minimum atomic E-state index is -0.0903. The molecule has 1 aromatic heterocycles. The molecule has 1 aliphatic heterocycles. The van der Waals surface area contributed by atoms with Gasteiger partial charge in [-0.1, -0.05) is 37.3 Å². The Labute approximate surface area is 168 Å². The Balaban J connectivity index is 1.88. The van der Waals surface area contributed by atoms with Gasteiger partial charge in [0.25, 0.3) is 0 Å². The predicted octanol–water partition coefficient (Wildman–Crippen LogP) is 2.59. The van der Waals surface area contributed by atoms with Gasteiger partial charge in [0, 0.05) is 18.8 Å². The first-order chi connectivity index (χ1) is 13.4. The molecule has 1 saturated heterocycles. The van der Waals surface area contributed by atoms with Gasteiger partial charge in [0.1, 0.15) is 6.54 Å². The van der Waals surface area contributed by atoms with Crippen LogP contribution in [0.3, 0.4) is 0 Å². The van der Waals surface area contributed by atoms with Crippen LogP contribution in [0.1, 0.15) is 35.5 Å². The number of ether oxygens (including phenoxy) is 1. The number of carbonyl (C=O) groups excluding carboxylic acids is 1. The number of carbonyl (C=O) groups is 1. The van der Waals surface area contributed by atoms with Crippen LogP contribution >= 0.6 is 0 Å². The molecular formula is C22H32N4O2. The maximum atomic E-state index is 13.3. The van der Waals surface area contributed by atoms with E-state index in [1.165, 1.54) is 5.56 Å². The van der Waals surface area contributed by atoms with E-state index in [1.54, 1.807) is 0 Å². The SMILES string of the molecule is CCc1c(C)nn(CC(=O)N2CCO[C@@H](CN(C)C)[C@@H]2c2ccccc2)c1C. The van der Waals surface area contributed by atoms with Crippen molar-refractivity contribution in [3.63, 3.8) is 0 Å². The largest absolute Gasteiger partial charge is 0.373 e. The van der Waals surface area contributed by atoms with Crippen molar-refractivity contribution in [2.75, 3.05) is 33.8 Å². The van der Waals surface area contributed by atoms with Crippen LogP contribution in [0.25, 0.3) is 0 Å². The monoisotopic (exact) mass is 384 g/mol. The maximum absolute atomic E-state index is 13.3. The molecule has 6 heteroatoms. The Morgan fingerprint density at radius 3 is 2.57 bits per heavy atom. The number of rotatable bonds is 6. The summed E-state index contributed by atoms with van der Waals surface area (Å²) in [6.07, 6.45) is 0.878. The summed E-state index contributed by atoms with van der Waals surface area (Å²) in [5.74, 6) is 0.0918. The summed E-state index contributed by atoms with van der Waals surface area (Å²) in [5.41, 5.74) is 4.45. The van der Waals surface area contributed by atoms with Crippen LogP contribution in [0.15, 0.2) is 30.3 Å². The summed E-state index contributed by atoms with van der Waals surface area (Å²) in [4.78, 5) is 17.4. The molecule has 0 radical (unpaired) electrons. The van der Waals surface area contributed by atoms with E-state index < -0.39 is 0 Å². The summed E-state index contributed by atoms with van der Waals surface area (Å²) in [6.45, 7) is 8.39. The number of nitrogens with zero attached hydrogens (tertiary/aromatic N) is 4. The third kappa shape index (κ3) is 4.28. The molecule has 0 spiro atoms. The van der Waals surface area contributed by atoms with Gasteiger partial charge >= 0.3 is 0 Å². The smallest absolute Gasteiger partial charge is 0.244 e. The minimum absolute atomic E-state index is 0.0539. The van der Waals surface area contributed by atoms with Gasteiger partial charge in [0.05, 0.1) is 24.4 Å². The van der Waals surface area contributed by atoms with E-state index in [4.69, 9.17) is 4.74 Å². The van der Waals surface area contributed by atoms with Gasteiger partial charge in [-0.05, 0) is 45.5 Å². The van der Waals surface area contributed by atoms with Crippen molar-refractivity contribution in [2.24, 2.45) is 0 Å². The molecule has 1 aliphatic rings. The number of amides is 1. The van der Waals surface area contributed by atoms with Crippen LogP contribution in [0.5, 0.6) is 0 Å². The lowest BCUT2D eigenvalue weighted by atomic mass is 9.97. The van der Waals surface area contributed by atoms with Crippen molar-refractivity contribution < 1.29 is 9.53 Å². The molecular weight excluding hydrogens is 352 g/mol. The highest BCUT2D eigenvalue weighted by Gasteiger charge is 2.36. The number of benzene rings is 1. The number of aromatic nitrogens is 2. The van der Waals surface area contributed by atoms with E-state index in [0.717, 1.165) is 29.9 Å². The molecule has 0 N–H and O–H groups in total. The van der Waals surface area contributed by atoms with E-state index in [-0.39, 0.29) is 24.6 Å². The lowest BCUT2D eigenvalue weighted by Crippen LogP contribution is -2.52. The predicted molar refractivity (Wildman–Crippen MR) is 110 cm³/mol. The van der Waals surface area contributed by atoms with Gasteiger partial charge in [0.15, 0.2) is 0 Å². The van der Waals surface area contributed by atoms with Crippen molar-refractivity contribution in [2.45, 2.75) is 45.9 Å². The quantitative estimate of drug-likeness (QED) is 0.768. The number of hydrogen-bond donors (Lipinski definition) is 0. The van der Waals surface area contributed by atoms with Crippen LogP contribution in [0.4, 0.5) is 0 Å². The molecule has 1 fully saturated rings. The molecule has 0 saturated carbocycles. The lowest BCUT2D eigenvalue weighted by molar-refractivity contribution is -0.148. The minimum Gasteiger partial charge on any atom is -0.373 e. The highest BCUT2D eigenvalue weighted by Crippen LogP contribution is 2.30. The van der Waals surface area contributed by atoms with E-state index in [2.05, 4.69) is 36.0 Å². The van der Waals surface area contributed by atoms with Crippen molar-refractivity contribution in [1.82, 2.24) is 19.6 Å². The Morgan fingerprint density at radius 1 is 1.25 bits per heavy atom. The highest BCUT2D eigenvalue weighted by atomic mass is 16.5. The van der Waals surface area contributed by atoms with E-state index >= 15 is 0 Å². The summed E-state index contributed by atoms with van der Waals surface area (Å²) in [6, 6.07) is 10.1. The van der Waals surface area contributed by atoms with E-state index in [9.17, 15) is 4.79 Å². The fourth-order valence-electron chi connectivity index (χ4n) is 4.19. The van der Waals surface area contributed by atoms with Crippen molar-refractivity contribution >= 4 is 5.91 Å². The van der Waals surface area contributed by atoms with Gasteiger partial charge in [-0.15, -0.1) is 0 Å². The van der Waals surface area contributed by atoms with Crippen LogP contribution in [0, 0.1) is 13.8 Å². The molecule has 152 valence electrons. The second kappa shape index (κ2) is 8.88.